The molecule has 0 radical (unpaired) electrons. The Hall–Kier alpha value is -1.55. The van der Waals surface area contributed by atoms with Gasteiger partial charge in [-0.3, -0.25) is 0 Å². The Bertz CT molecular complexity index is 644. The zero-order valence-electron chi connectivity index (χ0n) is 10.9. The van der Waals surface area contributed by atoms with Crippen molar-refractivity contribution in [1.29, 1.82) is 0 Å². The Labute approximate surface area is 125 Å². The van der Waals surface area contributed by atoms with E-state index in [0.29, 0.717) is 10.2 Å². The fraction of sp³-hybridized carbons (Fsp3) is 0.250. The molecule has 2 aromatic rings. The molecule has 0 bridgehead atoms. The Kier molecular flexibility index (Phi) is 3.66. The number of phenols is 1. The molecule has 1 aliphatic rings. The maximum Gasteiger partial charge on any atom is 0.139 e. The average molecular weight is 336 g/mol. The summed E-state index contributed by atoms with van der Waals surface area (Å²) in [6.45, 7) is 0. The Morgan fingerprint density at radius 3 is 2.85 bits per heavy atom. The van der Waals surface area contributed by atoms with E-state index >= 15 is 0 Å². The SMILES string of the molecule is Oc1ccc2c(c1)CCCC2Nc1ccc(Br)c(F)c1. The number of halogens is 2. The fourth-order valence-electron chi connectivity index (χ4n) is 2.74. The second-order valence-corrected chi connectivity index (χ2v) is 5.96. The topological polar surface area (TPSA) is 32.3 Å². The van der Waals surface area contributed by atoms with Gasteiger partial charge in [0.05, 0.1) is 10.5 Å². The Morgan fingerprint density at radius 2 is 2.05 bits per heavy atom. The third-order valence-corrected chi connectivity index (χ3v) is 4.34. The van der Waals surface area contributed by atoms with E-state index in [1.54, 1.807) is 12.1 Å². The molecule has 0 aliphatic heterocycles. The molecular weight excluding hydrogens is 321 g/mol. The van der Waals surface area contributed by atoms with Crippen molar-refractivity contribution in [3.63, 3.8) is 0 Å². The van der Waals surface area contributed by atoms with Crippen LogP contribution in [0.4, 0.5) is 10.1 Å². The van der Waals surface area contributed by atoms with Crippen molar-refractivity contribution in [2.24, 2.45) is 0 Å². The molecule has 2 nitrogen and oxygen atoms in total. The first kappa shape index (κ1) is 13.4. The summed E-state index contributed by atoms with van der Waals surface area (Å²) < 4.78 is 14.0. The molecule has 1 aliphatic carbocycles. The summed E-state index contributed by atoms with van der Waals surface area (Å²) in [5.41, 5.74) is 3.14. The van der Waals surface area contributed by atoms with Crippen molar-refractivity contribution < 1.29 is 9.50 Å². The summed E-state index contributed by atoms with van der Waals surface area (Å²) in [7, 11) is 0. The normalized spacial score (nSPS) is 17.6. The zero-order valence-corrected chi connectivity index (χ0v) is 12.5. The maximum absolute atomic E-state index is 13.6. The molecule has 3 rings (SSSR count). The van der Waals surface area contributed by atoms with Crippen LogP contribution < -0.4 is 5.32 Å². The van der Waals surface area contributed by atoms with E-state index in [1.165, 1.54) is 17.2 Å². The van der Waals surface area contributed by atoms with Gasteiger partial charge in [-0.15, -0.1) is 0 Å². The first-order valence-corrected chi connectivity index (χ1v) is 7.46. The lowest BCUT2D eigenvalue weighted by atomic mass is 9.87. The quantitative estimate of drug-likeness (QED) is 0.827. The third kappa shape index (κ3) is 2.66. The van der Waals surface area contributed by atoms with Gasteiger partial charge in [-0.25, -0.2) is 4.39 Å². The van der Waals surface area contributed by atoms with Crippen molar-refractivity contribution in [1.82, 2.24) is 0 Å². The van der Waals surface area contributed by atoms with E-state index in [9.17, 15) is 9.50 Å². The molecule has 0 saturated carbocycles. The van der Waals surface area contributed by atoms with Gasteiger partial charge in [-0.1, -0.05) is 6.07 Å². The number of nitrogens with one attached hydrogen (secondary N) is 1. The van der Waals surface area contributed by atoms with E-state index in [2.05, 4.69) is 21.2 Å². The highest BCUT2D eigenvalue weighted by Gasteiger charge is 2.20. The minimum absolute atomic E-state index is 0.167. The van der Waals surface area contributed by atoms with Crippen LogP contribution in [-0.4, -0.2) is 5.11 Å². The largest absolute Gasteiger partial charge is 0.508 e. The van der Waals surface area contributed by atoms with Gasteiger partial charge in [0.2, 0.25) is 0 Å². The maximum atomic E-state index is 13.6. The van der Waals surface area contributed by atoms with Gasteiger partial charge in [-0.2, -0.15) is 0 Å². The summed E-state index contributed by atoms with van der Waals surface area (Å²) in [5, 5.41) is 12.9. The van der Waals surface area contributed by atoms with Gasteiger partial charge in [0, 0.05) is 5.69 Å². The van der Waals surface area contributed by atoms with Gasteiger partial charge in [0.1, 0.15) is 11.6 Å². The van der Waals surface area contributed by atoms with Crippen molar-refractivity contribution in [2.75, 3.05) is 5.32 Å². The first-order chi connectivity index (χ1) is 9.63. The standard InChI is InChI=1S/C16H15BrFNO/c17-14-7-4-11(9-15(14)18)19-16-3-1-2-10-8-12(20)5-6-13(10)16/h4-9,16,19-20H,1-3H2. The second kappa shape index (κ2) is 5.44. The van der Waals surface area contributed by atoms with Crippen molar-refractivity contribution >= 4 is 21.6 Å². The fourth-order valence-corrected chi connectivity index (χ4v) is 2.98. The van der Waals surface area contributed by atoms with E-state index < -0.39 is 0 Å². The predicted molar refractivity (Wildman–Crippen MR) is 81.5 cm³/mol. The van der Waals surface area contributed by atoms with Crippen LogP contribution in [0.25, 0.3) is 0 Å². The lowest BCUT2D eigenvalue weighted by Gasteiger charge is -2.27. The lowest BCUT2D eigenvalue weighted by Crippen LogP contribution is -2.17. The zero-order chi connectivity index (χ0) is 14.1. The van der Waals surface area contributed by atoms with Crippen molar-refractivity contribution in [2.45, 2.75) is 25.3 Å². The third-order valence-electron chi connectivity index (χ3n) is 3.70. The highest BCUT2D eigenvalue weighted by atomic mass is 79.9. The molecular formula is C16H15BrFNO. The van der Waals surface area contributed by atoms with E-state index in [1.807, 2.05) is 18.2 Å². The second-order valence-electron chi connectivity index (χ2n) is 5.10. The molecule has 0 saturated heterocycles. The number of benzene rings is 2. The van der Waals surface area contributed by atoms with Crippen LogP contribution in [0.3, 0.4) is 0 Å². The van der Waals surface area contributed by atoms with E-state index in [0.717, 1.165) is 24.9 Å². The molecule has 0 spiro atoms. The van der Waals surface area contributed by atoms with Crippen LogP contribution in [0, 0.1) is 5.82 Å². The van der Waals surface area contributed by atoms with Crippen LogP contribution in [-0.2, 0) is 6.42 Å². The summed E-state index contributed by atoms with van der Waals surface area (Å²) in [5.74, 6) is 0.0378. The Balaban J connectivity index is 1.87. The number of hydrogen-bond donors (Lipinski definition) is 2. The molecule has 1 unspecified atom stereocenters. The average Bonchev–Trinajstić information content (AvgIpc) is 2.43. The molecule has 1 atom stereocenters. The predicted octanol–water partition coefficient (Wildman–Crippen LogP) is 4.78. The number of rotatable bonds is 2. The van der Waals surface area contributed by atoms with E-state index in [4.69, 9.17) is 0 Å². The van der Waals surface area contributed by atoms with Crippen LogP contribution in [0.5, 0.6) is 5.75 Å². The number of anilines is 1. The first-order valence-electron chi connectivity index (χ1n) is 6.67. The summed E-state index contributed by atoms with van der Waals surface area (Å²) in [4.78, 5) is 0. The number of hydrogen-bond acceptors (Lipinski definition) is 2. The highest BCUT2D eigenvalue weighted by Crippen LogP contribution is 2.34. The summed E-state index contributed by atoms with van der Waals surface area (Å²) >= 11 is 3.16. The molecule has 104 valence electrons. The number of fused-ring (bicyclic) bond motifs is 1. The molecule has 20 heavy (non-hydrogen) atoms. The van der Waals surface area contributed by atoms with Crippen LogP contribution >= 0.6 is 15.9 Å². The summed E-state index contributed by atoms with van der Waals surface area (Å²) in [6, 6.07) is 10.7. The molecule has 0 fully saturated rings. The lowest BCUT2D eigenvalue weighted by molar-refractivity contribution is 0.472. The smallest absolute Gasteiger partial charge is 0.139 e. The molecule has 4 heteroatoms. The molecule has 2 aromatic carbocycles. The van der Waals surface area contributed by atoms with Gasteiger partial charge < -0.3 is 10.4 Å². The van der Waals surface area contributed by atoms with Crippen molar-refractivity contribution in [3.05, 3.63) is 57.8 Å². The van der Waals surface area contributed by atoms with Crippen LogP contribution in [0.2, 0.25) is 0 Å². The minimum Gasteiger partial charge on any atom is -0.508 e. The molecule has 2 N–H and O–H groups in total. The van der Waals surface area contributed by atoms with Crippen molar-refractivity contribution in [3.8, 4) is 5.75 Å². The molecule has 0 aromatic heterocycles. The Morgan fingerprint density at radius 1 is 1.20 bits per heavy atom. The minimum atomic E-state index is -0.267. The van der Waals surface area contributed by atoms with Gasteiger partial charge in [-0.05, 0) is 76.7 Å². The van der Waals surface area contributed by atoms with Crippen LogP contribution in [0.15, 0.2) is 40.9 Å². The molecule has 0 amide bonds. The monoisotopic (exact) mass is 335 g/mol. The molecule has 0 heterocycles. The van der Waals surface area contributed by atoms with Crippen LogP contribution in [0.1, 0.15) is 30.0 Å². The van der Waals surface area contributed by atoms with Gasteiger partial charge >= 0.3 is 0 Å². The highest BCUT2D eigenvalue weighted by molar-refractivity contribution is 9.10. The van der Waals surface area contributed by atoms with Gasteiger partial charge in [0.15, 0.2) is 0 Å². The van der Waals surface area contributed by atoms with E-state index in [-0.39, 0.29) is 11.9 Å². The summed E-state index contributed by atoms with van der Waals surface area (Å²) in [6.07, 6.45) is 3.05. The number of aryl methyl sites for hydroxylation is 1. The van der Waals surface area contributed by atoms with Gasteiger partial charge in [0.25, 0.3) is 0 Å². The number of aromatic hydroxyl groups is 1. The number of phenolic OH excluding ortho intramolecular Hbond substituents is 1.